The van der Waals surface area contributed by atoms with Crippen LogP contribution in [0, 0.1) is 6.92 Å². The van der Waals surface area contributed by atoms with Crippen LogP contribution in [0.1, 0.15) is 32.6 Å². The number of carbonyl (C=O) groups is 3. The maximum Gasteiger partial charge on any atom is 0.335 e. The Balaban J connectivity index is 1.45. The molecule has 3 aromatic carbocycles. The third kappa shape index (κ3) is 5.73. The smallest absolute Gasteiger partial charge is 0.335 e. The first-order chi connectivity index (χ1) is 16.8. The van der Waals surface area contributed by atoms with Gasteiger partial charge in [0.05, 0.1) is 24.1 Å². The Bertz CT molecular complexity index is 1300. The van der Waals surface area contributed by atoms with Crippen molar-refractivity contribution in [2.45, 2.75) is 20.1 Å². The molecule has 178 valence electrons. The summed E-state index contributed by atoms with van der Waals surface area (Å²) in [7, 11) is 1.52. The van der Waals surface area contributed by atoms with Crippen LogP contribution in [-0.2, 0) is 17.9 Å². The third-order valence-electron chi connectivity index (χ3n) is 5.42. The van der Waals surface area contributed by atoms with Crippen LogP contribution in [0.3, 0.4) is 0 Å². The Kier molecular flexibility index (Phi) is 7.22. The minimum atomic E-state index is -0.984. The summed E-state index contributed by atoms with van der Waals surface area (Å²) in [6.45, 7) is 2.44. The number of aromatic carboxylic acids is 1. The number of thioether (sulfide) groups is 1. The molecular formula is C27H23NO6S. The number of aryl methyl sites for hydroxylation is 1. The zero-order valence-corrected chi connectivity index (χ0v) is 20.0. The summed E-state index contributed by atoms with van der Waals surface area (Å²) in [6.07, 6.45) is 1.66. The van der Waals surface area contributed by atoms with Crippen LogP contribution in [0.15, 0.2) is 71.6 Å². The molecule has 7 nitrogen and oxygen atoms in total. The molecule has 0 unspecified atom stereocenters. The first kappa shape index (κ1) is 24.1. The summed E-state index contributed by atoms with van der Waals surface area (Å²) in [6, 6.07) is 19.4. The fourth-order valence-electron chi connectivity index (χ4n) is 3.46. The van der Waals surface area contributed by atoms with Gasteiger partial charge in [-0.1, -0.05) is 48.0 Å². The van der Waals surface area contributed by atoms with Crippen molar-refractivity contribution >= 4 is 35.0 Å². The molecule has 1 aliphatic heterocycles. The van der Waals surface area contributed by atoms with Gasteiger partial charge in [0.1, 0.15) is 6.61 Å². The molecule has 0 aliphatic carbocycles. The molecule has 0 atom stereocenters. The molecule has 1 fully saturated rings. The van der Waals surface area contributed by atoms with E-state index in [2.05, 4.69) is 0 Å². The lowest BCUT2D eigenvalue weighted by Gasteiger charge is -2.13. The quantitative estimate of drug-likeness (QED) is 0.417. The first-order valence-electron chi connectivity index (χ1n) is 10.8. The predicted molar refractivity (Wildman–Crippen MR) is 133 cm³/mol. The average molecular weight is 490 g/mol. The Hall–Kier alpha value is -4.04. The second kappa shape index (κ2) is 10.5. The normalized spacial score (nSPS) is 14.5. The fourth-order valence-corrected chi connectivity index (χ4v) is 4.30. The highest BCUT2D eigenvalue weighted by molar-refractivity contribution is 8.18. The number of methoxy groups -OCH3 is 1. The van der Waals surface area contributed by atoms with E-state index in [0.29, 0.717) is 22.0 Å². The van der Waals surface area contributed by atoms with Crippen LogP contribution in [0.2, 0.25) is 0 Å². The van der Waals surface area contributed by atoms with Crippen molar-refractivity contribution in [2.24, 2.45) is 0 Å². The highest BCUT2D eigenvalue weighted by Crippen LogP contribution is 2.35. The van der Waals surface area contributed by atoms with Gasteiger partial charge >= 0.3 is 5.97 Å². The second-order valence-electron chi connectivity index (χ2n) is 7.95. The number of nitrogens with zero attached hydrogens (tertiary/aromatic N) is 1. The summed E-state index contributed by atoms with van der Waals surface area (Å²) in [4.78, 5) is 37.9. The molecular weight excluding hydrogens is 466 g/mol. The van der Waals surface area contributed by atoms with E-state index in [1.165, 1.54) is 24.1 Å². The van der Waals surface area contributed by atoms with E-state index in [-0.39, 0.29) is 29.9 Å². The lowest BCUT2D eigenvalue weighted by Crippen LogP contribution is -2.27. The maximum absolute atomic E-state index is 12.9. The van der Waals surface area contributed by atoms with Gasteiger partial charge < -0.3 is 14.6 Å². The molecule has 0 saturated carbocycles. The highest BCUT2D eigenvalue weighted by Gasteiger charge is 2.35. The summed E-state index contributed by atoms with van der Waals surface area (Å²) >= 11 is 0.912. The maximum atomic E-state index is 12.9. The Morgan fingerprint density at radius 2 is 1.66 bits per heavy atom. The number of amides is 2. The van der Waals surface area contributed by atoms with Crippen molar-refractivity contribution in [3.63, 3.8) is 0 Å². The van der Waals surface area contributed by atoms with E-state index >= 15 is 0 Å². The second-order valence-corrected chi connectivity index (χ2v) is 8.95. The molecule has 3 aromatic rings. The number of carboxylic acids is 1. The number of benzene rings is 3. The van der Waals surface area contributed by atoms with E-state index in [4.69, 9.17) is 14.6 Å². The number of ether oxygens (including phenoxy) is 2. The van der Waals surface area contributed by atoms with Gasteiger partial charge in [-0.25, -0.2) is 4.79 Å². The van der Waals surface area contributed by atoms with E-state index in [1.807, 2.05) is 31.2 Å². The van der Waals surface area contributed by atoms with Gasteiger partial charge in [0.25, 0.3) is 11.1 Å². The molecule has 2 amide bonds. The Morgan fingerprint density at radius 1 is 0.971 bits per heavy atom. The van der Waals surface area contributed by atoms with Crippen molar-refractivity contribution in [1.82, 2.24) is 4.90 Å². The number of hydrogen-bond donors (Lipinski definition) is 1. The van der Waals surface area contributed by atoms with Gasteiger partial charge in [-0.2, -0.15) is 0 Å². The van der Waals surface area contributed by atoms with Crippen LogP contribution in [0.5, 0.6) is 11.5 Å². The summed E-state index contributed by atoms with van der Waals surface area (Å²) in [5.74, 6) is -0.341. The van der Waals surface area contributed by atoms with Gasteiger partial charge in [0, 0.05) is 0 Å². The van der Waals surface area contributed by atoms with Crippen molar-refractivity contribution < 1.29 is 29.0 Å². The van der Waals surface area contributed by atoms with Gasteiger partial charge in [-0.3, -0.25) is 14.5 Å². The number of carbonyl (C=O) groups excluding carboxylic acids is 2. The largest absolute Gasteiger partial charge is 0.493 e. The lowest BCUT2D eigenvalue weighted by atomic mass is 10.1. The monoisotopic (exact) mass is 489 g/mol. The summed E-state index contributed by atoms with van der Waals surface area (Å²) in [5, 5.41) is 8.70. The molecule has 0 bridgehead atoms. The van der Waals surface area contributed by atoms with Crippen molar-refractivity contribution in [2.75, 3.05) is 7.11 Å². The van der Waals surface area contributed by atoms with Crippen molar-refractivity contribution in [3.05, 3.63) is 99.5 Å². The van der Waals surface area contributed by atoms with E-state index in [0.717, 1.165) is 28.5 Å². The van der Waals surface area contributed by atoms with Gasteiger partial charge in [0.15, 0.2) is 11.5 Å². The van der Waals surface area contributed by atoms with Crippen molar-refractivity contribution in [3.8, 4) is 11.5 Å². The topological polar surface area (TPSA) is 93.1 Å². The van der Waals surface area contributed by atoms with Crippen LogP contribution in [0.4, 0.5) is 4.79 Å². The predicted octanol–water partition coefficient (Wildman–Crippen LogP) is 5.52. The molecule has 8 heteroatoms. The van der Waals surface area contributed by atoms with Gasteiger partial charge in [0.2, 0.25) is 0 Å². The van der Waals surface area contributed by atoms with Gasteiger partial charge in [-0.05, 0) is 65.7 Å². The molecule has 0 radical (unpaired) electrons. The zero-order chi connectivity index (χ0) is 24.9. The van der Waals surface area contributed by atoms with Crippen LogP contribution in [0.25, 0.3) is 6.08 Å². The minimum Gasteiger partial charge on any atom is -0.493 e. The van der Waals surface area contributed by atoms with E-state index in [1.54, 1.807) is 36.4 Å². The lowest BCUT2D eigenvalue weighted by molar-refractivity contribution is -0.123. The molecule has 35 heavy (non-hydrogen) atoms. The molecule has 1 heterocycles. The molecule has 4 rings (SSSR count). The van der Waals surface area contributed by atoms with Crippen molar-refractivity contribution in [1.29, 1.82) is 0 Å². The zero-order valence-electron chi connectivity index (χ0n) is 19.2. The molecule has 1 N–H and O–H groups in total. The molecule has 0 spiro atoms. The average Bonchev–Trinajstić information content (AvgIpc) is 3.11. The fraction of sp³-hybridized carbons (Fsp3) is 0.148. The standard InChI is InChI=1S/C27H23NO6S/c1-17-3-5-18(6-4-17)15-28-25(29)24(35-27(28)32)14-20-9-12-22(23(13-20)33-2)34-16-19-7-10-21(11-8-19)26(30)31/h3-14H,15-16H2,1-2H3,(H,30,31)/b24-14-. The minimum absolute atomic E-state index is 0.207. The number of imide groups is 1. The number of rotatable bonds is 8. The SMILES string of the molecule is COc1cc(/C=C2\SC(=O)N(Cc3ccc(C)cc3)C2=O)ccc1OCc1ccc(C(=O)O)cc1. The van der Waals surface area contributed by atoms with E-state index < -0.39 is 5.97 Å². The molecule has 1 aliphatic rings. The summed E-state index contributed by atoms with van der Waals surface area (Å²) in [5.41, 5.74) is 3.71. The Morgan fingerprint density at radius 3 is 2.31 bits per heavy atom. The summed E-state index contributed by atoms with van der Waals surface area (Å²) < 4.78 is 11.3. The van der Waals surface area contributed by atoms with Crippen LogP contribution >= 0.6 is 11.8 Å². The van der Waals surface area contributed by atoms with Crippen LogP contribution in [-0.4, -0.2) is 34.2 Å². The van der Waals surface area contributed by atoms with Crippen LogP contribution < -0.4 is 9.47 Å². The highest BCUT2D eigenvalue weighted by atomic mass is 32.2. The van der Waals surface area contributed by atoms with Gasteiger partial charge in [-0.15, -0.1) is 0 Å². The third-order valence-corrected chi connectivity index (χ3v) is 6.32. The Labute approximate surface area is 207 Å². The van der Waals surface area contributed by atoms with E-state index in [9.17, 15) is 14.4 Å². The molecule has 1 saturated heterocycles. The molecule has 0 aromatic heterocycles. The number of hydrogen-bond acceptors (Lipinski definition) is 6. The first-order valence-corrected chi connectivity index (χ1v) is 11.6. The number of carboxylic acid groups (broad SMARTS) is 1.